The molecule has 40 heavy (non-hydrogen) atoms. The van der Waals surface area contributed by atoms with E-state index in [1.54, 1.807) is 6.07 Å². The van der Waals surface area contributed by atoms with Crippen LogP contribution < -0.4 is 10.1 Å². The second kappa shape index (κ2) is 12.3. The highest BCUT2D eigenvalue weighted by atomic mass is 19.4. The Balaban J connectivity index is 1.54. The molecule has 3 aromatic rings. The van der Waals surface area contributed by atoms with Crippen molar-refractivity contribution in [1.29, 1.82) is 0 Å². The number of ether oxygens (including phenoxy) is 1. The van der Waals surface area contributed by atoms with Gasteiger partial charge in [0.05, 0.1) is 5.56 Å². The molecule has 0 bridgehead atoms. The molecule has 1 aliphatic carbocycles. The van der Waals surface area contributed by atoms with Crippen LogP contribution in [0.4, 0.5) is 26.3 Å². The van der Waals surface area contributed by atoms with Gasteiger partial charge in [0.25, 0.3) is 5.91 Å². The summed E-state index contributed by atoms with van der Waals surface area (Å²) in [7, 11) is 0. The third kappa shape index (κ3) is 8.00. The summed E-state index contributed by atoms with van der Waals surface area (Å²) in [5.74, 6) is -0.568. The molecule has 3 unspecified atom stereocenters. The number of amides is 1. The van der Waals surface area contributed by atoms with Crippen LogP contribution in [0.25, 0.3) is 0 Å². The van der Waals surface area contributed by atoms with E-state index >= 15 is 0 Å². The molecule has 216 valence electrons. The lowest BCUT2D eigenvalue weighted by atomic mass is 9.79. The molecule has 1 amide bonds. The summed E-state index contributed by atoms with van der Waals surface area (Å²) in [6, 6.07) is 11.9. The Morgan fingerprint density at radius 3 is 2.38 bits per heavy atom. The standard InChI is InChI=1S/C28H29F6N3O3/c1-2-20-15-22(35-26(38)24-12-13-39-36-24)10-11-25(20)37(16-18-6-8-21(9-7-18)27(29,30)31)17-19-4-3-5-23(14-19)40-28(32,33)34/h3-9,12-14,20,22,25H,2,10-11,15-17H2,1H3,(H,35,38). The fourth-order valence-corrected chi connectivity index (χ4v) is 5.29. The Labute approximate surface area is 227 Å². The molecule has 1 aromatic heterocycles. The van der Waals surface area contributed by atoms with Crippen LogP contribution in [-0.4, -0.2) is 34.4 Å². The fraction of sp³-hybridized carbons (Fsp3) is 0.429. The molecular weight excluding hydrogens is 540 g/mol. The van der Waals surface area contributed by atoms with Gasteiger partial charge in [0.1, 0.15) is 12.0 Å². The molecule has 1 fully saturated rings. The monoisotopic (exact) mass is 569 g/mol. The predicted octanol–water partition coefficient (Wildman–Crippen LogP) is 6.97. The second-order valence-corrected chi connectivity index (χ2v) is 9.90. The highest BCUT2D eigenvalue weighted by molar-refractivity contribution is 5.92. The molecular formula is C28H29F6N3O3. The third-order valence-electron chi connectivity index (χ3n) is 7.13. The average Bonchev–Trinajstić information content (AvgIpc) is 3.43. The Morgan fingerprint density at radius 1 is 1.02 bits per heavy atom. The van der Waals surface area contributed by atoms with E-state index in [0.29, 0.717) is 36.9 Å². The van der Waals surface area contributed by atoms with Gasteiger partial charge in [-0.2, -0.15) is 13.2 Å². The summed E-state index contributed by atoms with van der Waals surface area (Å²) >= 11 is 0. The van der Waals surface area contributed by atoms with Gasteiger partial charge < -0.3 is 14.6 Å². The Morgan fingerprint density at radius 2 is 1.75 bits per heavy atom. The molecule has 2 aromatic carbocycles. The molecule has 12 heteroatoms. The number of carbonyl (C=O) groups is 1. The number of rotatable bonds is 9. The zero-order valence-electron chi connectivity index (χ0n) is 21.6. The number of benzene rings is 2. The fourth-order valence-electron chi connectivity index (χ4n) is 5.29. The highest BCUT2D eigenvalue weighted by Gasteiger charge is 2.35. The van der Waals surface area contributed by atoms with Crippen LogP contribution in [0.5, 0.6) is 5.75 Å². The minimum atomic E-state index is -4.83. The summed E-state index contributed by atoms with van der Waals surface area (Å²) in [5, 5.41) is 6.65. The Hall–Kier alpha value is -3.54. The van der Waals surface area contributed by atoms with Crippen molar-refractivity contribution in [2.45, 2.75) is 70.3 Å². The molecule has 0 spiro atoms. The van der Waals surface area contributed by atoms with Crippen molar-refractivity contribution in [1.82, 2.24) is 15.4 Å². The molecule has 4 rings (SSSR count). The number of aromatic nitrogens is 1. The first kappa shape index (κ1) is 29.4. The zero-order chi connectivity index (χ0) is 28.9. The summed E-state index contributed by atoms with van der Waals surface area (Å²) in [5.41, 5.74) is 0.645. The number of hydrogen-bond acceptors (Lipinski definition) is 5. The van der Waals surface area contributed by atoms with Crippen LogP contribution in [0, 0.1) is 5.92 Å². The van der Waals surface area contributed by atoms with E-state index < -0.39 is 18.1 Å². The van der Waals surface area contributed by atoms with Crippen molar-refractivity contribution in [2.75, 3.05) is 0 Å². The van der Waals surface area contributed by atoms with Gasteiger partial charge in [-0.15, -0.1) is 13.2 Å². The first-order valence-corrected chi connectivity index (χ1v) is 12.9. The van der Waals surface area contributed by atoms with Crippen molar-refractivity contribution >= 4 is 5.91 Å². The molecule has 1 aliphatic rings. The molecule has 1 saturated carbocycles. The minimum absolute atomic E-state index is 0.0281. The van der Waals surface area contributed by atoms with Gasteiger partial charge in [0, 0.05) is 31.2 Å². The minimum Gasteiger partial charge on any atom is -0.406 e. The number of hydrogen-bond donors (Lipinski definition) is 1. The van der Waals surface area contributed by atoms with E-state index in [4.69, 9.17) is 4.52 Å². The maximum atomic E-state index is 13.1. The lowest BCUT2D eigenvalue weighted by Gasteiger charge is -2.43. The van der Waals surface area contributed by atoms with E-state index in [9.17, 15) is 31.1 Å². The zero-order valence-corrected chi connectivity index (χ0v) is 21.6. The first-order chi connectivity index (χ1) is 18.9. The number of halogens is 6. The average molecular weight is 570 g/mol. The third-order valence-corrected chi connectivity index (χ3v) is 7.13. The maximum Gasteiger partial charge on any atom is 0.573 e. The van der Waals surface area contributed by atoms with Crippen molar-refractivity contribution in [3.8, 4) is 5.75 Å². The molecule has 3 atom stereocenters. The molecule has 1 heterocycles. The molecule has 0 saturated heterocycles. The quantitative estimate of drug-likeness (QED) is 0.282. The van der Waals surface area contributed by atoms with Gasteiger partial charge in [-0.1, -0.05) is 42.8 Å². The number of nitrogens with one attached hydrogen (secondary N) is 1. The summed E-state index contributed by atoms with van der Waals surface area (Å²) < 4.78 is 86.5. The molecule has 6 nitrogen and oxygen atoms in total. The van der Waals surface area contributed by atoms with E-state index in [-0.39, 0.29) is 41.9 Å². The normalized spacial score (nSPS) is 19.9. The number of alkyl halides is 6. The lowest BCUT2D eigenvalue weighted by Crippen LogP contribution is -2.48. The van der Waals surface area contributed by atoms with Crippen LogP contribution in [-0.2, 0) is 19.3 Å². The van der Waals surface area contributed by atoms with Crippen molar-refractivity contribution in [3.05, 3.63) is 83.2 Å². The summed E-state index contributed by atoms with van der Waals surface area (Å²) in [6.45, 7) is 2.57. The first-order valence-electron chi connectivity index (χ1n) is 12.9. The second-order valence-electron chi connectivity index (χ2n) is 9.90. The van der Waals surface area contributed by atoms with Crippen molar-refractivity contribution in [2.24, 2.45) is 5.92 Å². The van der Waals surface area contributed by atoms with Crippen LogP contribution in [0.15, 0.2) is 65.4 Å². The van der Waals surface area contributed by atoms with Crippen molar-refractivity contribution in [3.63, 3.8) is 0 Å². The molecule has 1 N–H and O–H groups in total. The van der Waals surface area contributed by atoms with Gasteiger partial charge in [-0.05, 0) is 60.6 Å². The number of nitrogens with zero attached hydrogens (tertiary/aromatic N) is 2. The van der Waals surface area contributed by atoms with E-state index in [2.05, 4.69) is 20.1 Å². The van der Waals surface area contributed by atoms with Crippen LogP contribution in [0.2, 0.25) is 0 Å². The van der Waals surface area contributed by atoms with Crippen LogP contribution >= 0.6 is 0 Å². The molecule has 0 radical (unpaired) electrons. The van der Waals surface area contributed by atoms with Gasteiger partial charge in [-0.3, -0.25) is 9.69 Å². The SMILES string of the molecule is CCC1CC(NC(=O)c2ccon2)CCC1N(Cc1ccc(C(F)(F)F)cc1)Cc1cccc(OC(F)(F)F)c1. The topological polar surface area (TPSA) is 67.6 Å². The number of carbonyl (C=O) groups excluding carboxylic acids is 1. The van der Waals surface area contributed by atoms with Gasteiger partial charge in [0.2, 0.25) is 0 Å². The lowest BCUT2D eigenvalue weighted by molar-refractivity contribution is -0.274. The Bertz CT molecular complexity index is 1250. The van der Waals surface area contributed by atoms with Crippen LogP contribution in [0.1, 0.15) is 59.8 Å². The van der Waals surface area contributed by atoms with Gasteiger partial charge in [0.15, 0.2) is 5.69 Å². The van der Waals surface area contributed by atoms with Crippen LogP contribution in [0.3, 0.4) is 0 Å². The van der Waals surface area contributed by atoms with E-state index in [1.165, 1.54) is 42.7 Å². The van der Waals surface area contributed by atoms with Gasteiger partial charge >= 0.3 is 12.5 Å². The highest BCUT2D eigenvalue weighted by Crippen LogP contribution is 2.35. The summed E-state index contributed by atoms with van der Waals surface area (Å²) in [4.78, 5) is 14.6. The van der Waals surface area contributed by atoms with E-state index in [1.807, 2.05) is 6.92 Å². The molecule has 0 aliphatic heterocycles. The predicted molar refractivity (Wildman–Crippen MR) is 133 cm³/mol. The van der Waals surface area contributed by atoms with Crippen molar-refractivity contribution < 1.29 is 40.4 Å². The maximum absolute atomic E-state index is 13.1. The smallest absolute Gasteiger partial charge is 0.406 e. The largest absolute Gasteiger partial charge is 0.573 e. The Kier molecular flexibility index (Phi) is 9.07. The van der Waals surface area contributed by atoms with Gasteiger partial charge in [-0.25, -0.2) is 0 Å². The summed E-state index contributed by atoms with van der Waals surface area (Å²) in [6.07, 6.45) is -5.24. The van der Waals surface area contributed by atoms with E-state index in [0.717, 1.165) is 18.6 Å².